The van der Waals surface area contributed by atoms with Crippen molar-refractivity contribution in [3.63, 3.8) is 0 Å². The molecule has 6 unspecified atom stereocenters. The number of esters is 2. The zero-order valence-corrected chi connectivity index (χ0v) is 38.1. The highest BCUT2D eigenvalue weighted by Gasteiger charge is 2.51. The summed E-state index contributed by atoms with van der Waals surface area (Å²) in [6, 6.07) is 0. The monoisotopic (exact) mass is 885 g/mol. The minimum Gasteiger partial charge on any atom is -0.462 e. The summed E-state index contributed by atoms with van der Waals surface area (Å²) in [6.07, 6.45) is 31.5. The third-order valence-electron chi connectivity index (χ3n) is 10.4. The Balaban J connectivity index is 2.52. The SMILES string of the molecule is CCCCCC=CCC=CCC=CCC=CCC=CCCC(=O)OC(COC(=O)CCCCCCCCCCCCCCC)COP(=O)(O)OC1C(O)C(O)C(O)C(O)C1O. The number of hydrogen-bond donors (Lipinski definition) is 6. The van der Waals surface area contributed by atoms with Crippen molar-refractivity contribution in [2.75, 3.05) is 13.2 Å². The van der Waals surface area contributed by atoms with E-state index in [2.05, 4.69) is 56.4 Å². The number of allylic oxidation sites excluding steroid dienone is 10. The molecule has 1 fully saturated rings. The van der Waals surface area contributed by atoms with Gasteiger partial charge in [-0.3, -0.25) is 18.6 Å². The first-order valence-corrected chi connectivity index (χ1v) is 24.6. The van der Waals surface area contributed by atoms with E-state index in [0.29, 0.717) is 19.3 Å². The average Bonchev–Trinajstić information content (AvgIpc) is 3.24. The number of aliphatic hydroxyl groups is 5. The van der Waals surface area contributed by atoms with Gasteiger partial charge in [0.25, 0.3) is 0 Å². The molecular formula is C47H81O13P. The maximum Gasteiger partial charge on any atom is 0.472 e. The number of phosphoric ester groups is 1. The normalized spacial score (nSPS) is 22.6. The fourth-order valence-electron chi connectivity index (χ4n) is 6.62. The van der Waals surface area contributed by atoms with Crippen LogP contribution >= 0.6 is 7.82 Å². The van der Waals surface area contributed by atoms with Gasteiger partial charge < -0.3 is 39.9 Å². The lowest BCUT2D eigenvalue weighted by atomic mass is 9.85. The second-order valence-corrected chi connectivity index (χ2v) is 17.3. The van der Waals surface area contributed by atoms with E-state index in [-0.39, 0.29) is 12.8 Å². The van der Waals surface area contributed by atoms with Crippen molar-refractivity contribution in [1.29, 1.82) is 0 Å². The molecule has 0 bridgehead atoms. The molecule has 0 radical (unpaired) electrons. The fourth-order valence-corrected chi connectivity index (χ4v) is 7.59. The number of carbonyl (C=O) groups excluding carboxylic acids is 2. The number of unbranched alkanes of at least 4 members (excludes halogenated alkanes) is 15. The Bertz CT molecular complexity index is 1300. The van der Waals surface area contributed by atoms with E-state index >= 15 is 0 Å². The Morgan fingerprint density at radius 3 is 1.41 bits per heavy atom. The molecule has 6 N–H and O–H groups in total. The Hall–Kier alpha value is -2.45. The number of carbonyl (C=O) groups is 2. The van der Waals surface area contributed by atoms with Gasteiger partial charge in [0.2, 0.25) is 0 Å². The second-order valence-electron chi connectivity index (χ2n) is 15.9. The van der Waals surface area contributed by atoms with Crippen LogP contribution in [0.3, 0.4) is 0 Å². The Labute approximate surface area is 366 Å². The van der Waals surface area contributed by atoms with Gasteiger partial charge in [0.15, 0.2) is 6.10 Å². The predicted octanol–water partition coefficient (Wildman–Crippen LogP) is 8.94. The first-order valence-electron chi connectivity index (χ1n) is 23.1. The van der Waals surface area contributed by atoms with E-state index < -0.39 is 75.7 Å². The van der Waals surface area contributed by atoms with E-state index in [1.54, 1.807) is 0 Å². The molecule has 1 aliphatic rings. The Morgan fingerprint density at radius 1 is 0.508 bits per heavy atom. The summed E-state index contributed by atoms with van der Waals surface area (Å²) in [6.45, 7) is 3.20. The number of hydrogen-bond acceptors (Lipinski definition) is 12. The lowest BCUT2D eigenvalue weighted by molar-refractivity contribution is -0.220. The van der Waals surface area contributed by atoms with Gasteiger partial charge in [0, 0.05) is 12.8 Å². The van der Waals surface area contributed by atoms with Crippen LogP contribution in [0.25, 0.3) is 0 Å². The van der Waals surface area contributed by atoms with Gasteiger partial charge >= 0.3 is 19.8 Å². The molecule has 0 aromatic heterocycles. The van der Waals surface area contributed by atoms with E-state index in [4.69, 9.17) is 18.5 Å². The predicted molar refractivity (Wildman–Crippen MR) is 239 cm³/mol. The zero-order chi connectivity index (χ0) is 45.0. The molecule has 0 spiro atoms. The number of aliphatic hydroxyl groups excluding tert-OH is 5. The molecule has 1 aliphatic carbocycles. The van der Waals surface area contributed by atoms with Crippen molar-refractivity contribution >= 4 is 19.8 Å². The average molecular weight is 885 g/mol. The van der Waals surface area contributed by atoms with Gasteiger partial charge in [0.1, 0.15) is 43.2 Å². The van der Waals surface area contributed by atoms with Gasteiger partial charge in [-0.2, -0.15) is 0 Å². The summed E-state index contributed by atoms with van der Waals surface area (Å²) in [5.41, 5.74) is 0. The molecule has 0 aromatic rings. The van der Waals surface area contributed by atoms with E-state index in [0.717, 1.165) is 44.9 Å². The number of rotatable bonds is 37. The van der Waals surface area contributed by atoms with Crippen molar-refractivity contribution < 1.29 is 63.1 Å². The zero-order valence-electron chi connectivity index (χ0n) is 37.2. The van der Waals surface area contributed by atoms with Crippen molar-refractivity contribution in [1.82, 2.24) is 0 Å². The van der Waals surface area contributed by atoms with Gasteiger partial charge in [-0.1, -0.05) is 164 Å². The van der Waals surface area contributed by atoms with Crippen LogP contribution in [0.5, 0.6) is 0 Å². The highest BCUT2D eigenvalue weighted by atomic mass is 31.2. The quantitative estimate of drug-likeness (QED) is 0.0149. The van der Waals surface area contributed by atoms with Gasteiger partial charge in [-0.15, -0.1) is 0 Å². The first kappa shape index (κ1) is 56.6. The van der Waals surface area contributed by atoms with Crippen molar-refractivity contribution in [2.24, 2.45) is 0 Å². The summed E-state index contributed by atoms with van der Waals surface area (Å²) < 4.78 is 33.4. The molecule has 0 amide bonds. The van der Waals surface area contributed by atoms with Crippen molar-refractivity contribution in [3.05, 3.63) is 60.8 Å². The van der Waals surface area contributed by atoms with E-state index in [1.165, 1.54) is 77.0 Å². The van der Waals surface area contributed by atoms with Gasteiger partial charge in [-0.05, 0) is 51.4 Å². The molecule has 0 aliphatic heterocycles. The minimum absolute atomic E-state index is 0.0274. The van der Waals surface area contributed by atoms with Crippen LogP contribution in [-0.4, -0.2) is 98.3 Å². The molecule has 1 rings (SSSR count). The first-order chi connectivity index (χ1) is 29.4. The highest BCUT2D eigenvalue weighted by molar-refractivity contribution is 7.47. The molecule has 0 heterocycles. The van der Waals surface area contributed by atoms with Crippen molar-refractivity contribution in [3.8, 4) is 0 Å². The second kappa shape index (κ2) is 37.0. The van der Waals surface area contributed by atoms with E-state index in [1.807, 2.05) is 18.2 Å². The molecule has 1 saturated carbocycles. The maximum absolute atomic E-state index is 12.8. The van der Waals surface area contributed by atoms with E-state index in [9.17, 15) is 44.6 Å². The third-order valence-corrected chi connectivity index (χ3v) is 11.4. The molecule has 0 saturated heterocycles. The highest BCUT2D eigenvalue weighted by Crippen LogP contribution is 2.47. The molecule has 6 atom stereocenters. The summed E-state index contributed by atoms with van der Waals surface area (Å²) in [7, 11) is -5.14. The third kappa shape index (κ3) is 29.5. The van der Waals surface area contributed by atoms with Crippen molar-refractivity contribution in [2.45, 2.75) is 211 Å². The maximum atomic E-state index is 12.8. The molecule has 61 heavy (non-hydrogen) atoms. The molecule has 0 aromatic carbocycles. The van der Waals surface area contributed by atoms with Gasteiger partial charge in [-0.25, -0.2) is 4.57 Å². The summed E-state index contributed by atoms with van der Waals surface area (Å²) >= 11 is 0. The topological polar surface area (TPSA) is 210 Å². The molecular weight excluding hydrogens is 803 g/mol. The fraction of sp³-hybridized carbons (Fsp3) is 0.745. The smallest absolute Gasteiger partial charge is 0.462 e. The lowest BCUT2D eigenvalue weighted by Gasteiger charge is -2.41. The van der Waals surface area contributed by atoms with Crippen LogP contribution in [0.2, 0.25) is 0 Å². The molecule has 352 valence electrons. The van der Waals surface area contributed by atoms with Crippen LogP contribution in [-0.2, 0) is 32.7 Å². The lowest BCUT2D eigenvalue weighted by Crippen LogP contribution is -2.64. The van der Waals surface area contributed by atoms with Crippen LogP contribution in [0.15, 0.2) is 60.8 Å². The van der Waals surface area contributed by atoms with Crippen LogP contribution < -0.4 is 0 Å². The standard InChI is InChI=1S/C47H81O13P/c1-3-5-7-9-11-13-15-17-18-19-20-21-22-24-26-28-30-32-34-36-41(49)59-39(38-58-61(55,56)60-47-45(53)43(51)42(50)44(52)46(47)54)37-57-40(48)35-33-31-29-27-25-23-16-14-12-10-8-6-4-2/h11,13,17-18,20-21,24,26,30,32,39,42-47,50-54H,3-10,12,14-16,19,22-23,25,27-29,31,33-38H2,1-2H3,(H,55,56). The van der Waals surface area contributed by atoms with Crippen LogP contribution in [0.4, 0.5) is 0 Å². The number of phosphoric acid groups is 1. The Morgan fingerprint density at radius 2 is 0.918 bits per heavy atom. The number of ether oxygens (including phenoxy) is 2. The Kier molecular flexibility index (Phi) is 34.3. The minimum atomic E-state index is -5.14. The van der Waals surface area contributed by atoms with Gasteiger partial charge in [0.05, 0.1) is 6.61 Å². The summed E-state index contributed by atoms with van der Waals surface area (Å²) in [4.78, 5) is 35.6. The van der Waals surface area contributed by atoms with Crippen LogP contribution in [0, 0.1) is 0 Å². The molecule has 13 nitrogen and oxygen atoms in total. The summed E-state index contributed by atoms with van der Waals surface area (Å²) in [5, 5.41) is 50.1. The molecule has 14 heteroatoms. The summed E-state index contributed by atoms with van der Waals surface area (Å²) in [5.74, 6) is -1.20. The largest absolute Gasteiger partial charge is 0.472 e. The van der Waals surface area contributed by atoms with Crippen LogP contribution in [0.1, 0.15) is 168 Å².